The first-order valence-corrected chi connectivity index (χ1v) is 13.4. The number of aryl methyl sites for hydroxylation is 1. The van der Waals surface area contributed by atoms with E-state index < -0.39 is 10.1 Å². The van der Waals surface area contributed by atoms with Crippen molar-refractivity contribution in [3.05, 3.63) is 58.5 Å². The number of hydrogen-bond acceptors (Lipinski definition) is 7. The number of ether oxygens (including phenoxy) is 1. The number of thioether (sulfide) groups is 1. The molecule has 2 aromatic rings. The van der Waals surface area contributed by atoms with Gasteiger partial charge in [-0.15, -0.1) is 0 Å². The summed E-state index contributed by atoms with van der Waals surface area (Å²) in [5.74, 6) is 0.255. The van der Waals surface area contributed by atoms with E-state index >= 15 is 0 Å². The molecule has 1 aliphatic carbocycles. The van der Waals surface area contributed by atoms with Crippen LogP contribution in [-0.4, -0.2) is 36.7 Å². The number of hydrogen-bond donors (Lipinski definition) is 0. The molecule has 1 saturated carbocycles. The van der Waals surface area contributed by atoms with Gasteiger partial charge in [0.05, 0.1) is 12.0 Å². The van der Waals surface area contributed by atoms with Crippen LogP contribution in [0.4, 0.5) is 0 Å². The molecule has 2 aromatic carbocycles. The molecular weight excluding hydrogens is 478 g/mol. The van der Waals surface area contributed by atoms with Gasteiger partial charge in [0.25, 0.3) is 5.91 Å². The normalized spacial score (nSPS) is 18.7. The van der Waals surface area contributed by atoms with Crippen LogP contribution in [0.2, 0.25) is 0 Å². The maximum absolute atomic E-state index is 13.0. The number of benzene rings is 2. The fourth-order valence-electron chi connectivity index (χ4n) is 4.00. The van der Waals surface area contributed by atoms with Crippen molar-refractivity contribution < 1.29 is 22.1 Å². The van der Waals surface area contributed by atoms with Gasteiger partial charge in [0.15, 0.2) is 11.5 Å². The second-order valence-corrected chi connectivity index (χ2v) is 11.3. The van der Waals surface area contributed by atoms with E-state index in [4.69, 9.17) is 21.1 Å². The molecule has 1 aliphatic heterocycles. The zero-order chi connectivity index (χ0) is 23.6. The second kappa shape index (κ2) is 9.87. The van der Waals surface area contributed by atoms with Crippen LogP contribution in [0.25, 0.3) is 6.08 Å². The highest BCUT2D eigenvalue weighted by Gasteiger charge is 2.37. The average molecular weight is 504 g/mol. The molecule has 2 fully saturated rings. The van der Waals surface area contributed by atoms with E-state index in [2.05, 4.69) is 0 Å². The van der Waals surface area contributed by atoms with Crippen molar-refractivity contribution in [3.8, 4) is 11.5 Å². The number of amides is 1. The minimum absolute atomic E-state index is 0.0608. The van der Waals surface area contributed by atoms with Crippen LogP contribution in [0.1, 0.15) is 43.2 Å². The number of thiocarbonyl (C=S) groups is 1. The van der Waals surface area contributed by atoms with Gasteiger partial charge in [0, 0.05) is 6.04 Å². The van der Waals surface area contributed by atoms with Gasteiger partial charge >= 0.3 is 10.1 Å². The first-order chi connectivity index (χ1) is 15.8. The molecule has 2 aliphatic rings. The summed E-state index contributed by atoms with van der Waals surface area (Å²) in [4.78, 5) is 15.4. The van der Waals surface area contributed by atoms with Crippen molar-refractivity contribution in [2.45, 2.75) is 50.0 Å². The Morgan fingerprint density at radius 2 is 1.76 bits per heavy atom. The smallest absolute Gasteiger partial charge is 0.339 e. The third kappa shape index (κ3) is 5.26. The van der Waals surface area contributed by atoms with Crippen LogP contribution < -0.4 is 8.92 Å². The van der Waals surface area contributed by atoms with Crippen molar-refractivity contribution in [1.29, 1.82) is 0 Å². The fourth-order valence-corrected chi connectivity index (χ4v) is 6.34. The molecule has 33 heavy (non-hydrogen) atoms. The van der Waals surface area contributed by atoms with Crippen molar-refractivity contribution in [2.24, 2.45) is 0 Å². The van der Waals surface area contributed by atoms with E-state index in [1.165, 1.54) is 43.5 Å². The summed E-state index contributed by atoms with van der Waals surface area (Å²) in [6, 6.07) is 11.5. The molecule has 0 aromatic heterocycles. The van der Waals surface area contributed by atoms with Crippen LogP contribution in [0.15, 0.2) is 52.3 Å². The average Bonchev–Trinajstić information content (AvgIpc) is 3.08. The van der Waals surface area contributed by atoms with Crippen LogP contribution in [0.5, 0.6) is 11.5 Å². The van der Waals surface area contributed by atoms with E-state index in [0.717, 1.165) is 31.2 Å². The van der Waals surface area contributed by atoms with Crippen molar-refractivity contribution in [2.75, 3.05) is 7.11 Å². The second-order valence-electron chi connectivity index (χ2n) is 8.10. The van der Waals surface area contributed by atoms with Crippen LogP contribution in [0.3, 0.4) is 0 Å². The molecule has 9 heteroatoms. The van der Waals surface area contributed by atoms with Gasteiger partial charge in [0.1, 0.15) is 9.22 Å². The monoisotopic (exact) mass is 503 g/mol. The minimum atomic E-state index is -4.01. The van der Waals surface area contributed by atoms with Crippen molar-refractivity contribution >= 4 is 50.4 Å². The van der Waals surface area contributed by atoms with Crippen molar-refractivity contribution in [3.63, 3.8) is 0 Å². The zero-order valence-corrected chi connectivity index (χ0v) is 20.9. The summed E-state index contributed by atoms with van der Waals surface area (Å²) < 4.78 is 36.6. The Hall–Kier alpha value is -2.36. The third-order valence-electron chi connectivity index (χ3n) is 5.76. The molecule has 0 atom stereocenters. The number of methoxy groups -OCH3 is 1. The van der Waals surface area contributed by atoms with E-state index in [1.807, 2.05) is 6.92 Å². The largest absolute Gasteiger partial charge is 0.493 e. The minimum Gasteiger partial charge on any atom is -0.493 e. The van der Waals surface area contributed by atoms with Crippen molar-refractivity contribution in [1.82, 2.24) is 4.90 Å². The quantitative estimate of drug-likeness (QED) is 0.301. The van der Waals surface area contributed by atoms with Crippen LogP contribution in [0, 0.1) is 6.92 Å². The predicted molar refractivity (Wildman–Crippen MR) is 134 cm³/mol. The Bertz CT molecular complexity index is 1200. The van der Waals surface area contributed by atoms with Gasteiger partial charge in [-0.25, -0.2) is 0 Å². The topological polar surface area (TPSA) is 72.9 Å². The number of rotatable bonds is 6. The molecule has 1 amide bonds. The summed E-state index contributed by atoms with van der Waals surface area (Å²) in [5, 5.41) is 0. The standard InChI is InChI=1S/C24H25NO5S3/c1-16-8-11-19(12-9-16)33(27,28)30-20-13-10-17(14-21(20)29-2)15-22-23(26)25(24(31)32-22)18-6-4-3-5-7-18/h8-15,18H,3-7H2,1-2H3/b22-15+. The Balaban J connectivity index is 1.55. The van der Waals surface area contributed by atoms with Crippen LogP contribution >= 0.6 is 24.0 Å². The van der Waals surface area contributed by atoms with Gasteiger partial charge in [-0.05, 0) is 55.7 Å². The Labute approximate surface area is 204 Å². The summed E-state index contributed by atoms with van der Waals surface area (Å²) >= 11 is 6.79. The molecule has 0 unspecified atom stereocenters. The predicted octanol–water partition coefficient (Wildman–Crippen LogP) is 5.31. The fraction of sp³-hybridized carbons (Fsp3) is 0.333. The molecule has 6 nitrogen and oxygen atoms in total. The molecule has 1 saturated heterocycles. The molecule has 0 radical (unpaired) electrons. The molecule has 0 bridgehead atoms. The summed E-state index contributed by atoms with van der Waals surface area (Å²) in [6.07, 6.45) is 7.15. The highest BCUT2D eigenvalue weighted by Crippen LogP contribution is 2.38. The number of nitrogens with zero attached hydrogens (tertiary/aromatic N) is 1. The highest BCUT2D eigenvalue weighted by molar-refractivity contribution is 8.26. The molecule has 1 heterocycles. The molecule has 0 N–H and O–H groups in total. The summed E-state index contributed by atoms with van der Waals surface area (Å²) in [7, 11) is -2.57. The van der Waals surface area contributed by atoms with E-state index in [1.54, 1.807) is 35.2 Å². The highest BCUT2D eigenvalue weighted by atomic mass is 32.2. The van der Waals surface area contributed by atoms with E-state index in [-0.39, 0.29) is 28.3 Å². The SMILES string of the molecule is COc1cc(/C=C2/SC(=S)N(C3CCCCC3)C2=O)ccc1OS(=O)(=O)c1ccc(C)cc1. The lowest BCUT2D eigenvalue weighted by Gasteiger charge is -2.29. The zero-order valence-electron chi connectivity index (χ0n) is 18.4. The van der Waals surface area contributed by atoms with Gasteiger partial charge in [-0.1, -0.05) is 67.0 Å². The Kier molecular flexibility index (Phi) is 7.11. The number of carbonyl (C=O) groups excluding carboxylic acids is 1. The first kappa shape index (κ1) is 23.8. The van der Waals surface area contributed by atoms with Gasteiger partial charge in [0.2, 0.25) is 0 Å². The molecule has 4 rings (SSSR count). The maximum Gasteiger partial charge on any atom is 0.339 e. The lowest BCUT2D eigenvalue weighted by atomic mass is 9.94. The molecular formula is C24H25NO5S3. The lowest BCUT2D eigenvalue weighted by molar-refractivity contribution is -0.124. The maximum atomic E-state index is 13.0. The van der Waals surface area contributed by atoms with Gasteiger partial charge in [-0.3, -0.25) is 9.69 Å². The van der Waals surface area contributed by atoms with Crippen LogP contribution in [-0.2, 0) is 14.9 Å². The van der Waals surface area contributed by atoms with Gasteiger partial charge in [-0.2, -0.15) is 8.42 Å². The number of carbonyl (C=O) groups is 1. The summed E-state index contributed by atoms with van der Waals surface area (Å²) in [6.45, 7) is 1.88. The Morgan fingerprint density at radius 3 is 2.42 bits per heavy atom. The van der Waals surface area contributed by atoms with Gasteiger partial charge < -0.3 is 8.92 Å². The molecule has 0 spiro atoms. The Morgan fingerprint density at radius 1 is 1.06 bits per heavy atom. The van der Waals surface area contributed by atoms with E-state index in [0.29, 0.717) is 14.8 Å². The van der Waals surface area contributed by atoms with E-state index in [9.17, 15) is 13.2 Å². The first-order valence-electron chi connectivity index (χ1n) is 10.7. The summed E-state index contributed by atoms with van der Waals surface area (Å²) in [5.41, 5.74) is 1.64. The third-order valence-corrected chi connectivity index (χ3v) is 8.34. The lowest BCUT2D eigenvalue weighted by Crippen LogP contribution is -2.39. The molecule has 174 valence electrons.